The third kappa shape index (κ3) is 2.29. The SMILES string of the molecule is CCc1ccc(N2CCOC[C@@H]2C)cn1. The average Bonchev–Trinajstić information content (AvgIpc) is 2.30. The Bertz CT molecular complexity index is 310. The van der Waals surface area contributed by atoms with Gasteiger partial charge in [0.2, 0.25) is 0 Å². The zero-order valence-electron chi connectivity index (χ0n) is 9.44. The third-order valence-corrected chi connectivity index (χ3v) is 2.87. The van der Waals surface area contributed by atoms with Crippen LogP contribution in [0, 0.1) is 0 Å². The molecular weight excluding hydrogens is 188 g/mol. The first-order chi connectivity index (χ1) is 7.31. The van der Waals surface area contributed by atoms with Crippen LogP contribution in [-0.2, 0) is 11.2 Å². The van der Waals surface area contributed by atoms with Gasteiger partial charge in [-0.05, 0) is 25.5 Å². The van der Waals surface area contributed by atoms with Crippen molar-refractivity contribution in [1.82, 2.24) is 4.98 Å². The van der Waals surface area contributed by atoms with Crippen LogP contribution >= 0.6 is 0 Å². The van der Waals surface area contributed by atoms with E-state index in [9.17, 15) is 0 Å². The van der Waals surface area contributed by atoms with Crippen LogP contribution in [0.3, 0.4) is 0 Å². The van der Waals surface area contributed by atoms with Crippen LogP contribution in [0.25, 0.3) is 0 Å². The Morgan fingerprint density at radius 3 is 3.00 bits per heavy atom. The summed E-state index contributed by atoms with van der Waals surface area (Å²) in [6.07, 6.45) is 2.97. The molecule has 0 aromatic carbocycles. The van der Waals surface area contributed by atoms with Crippen LogP contribution in [0.1, 0.15) is 19.5 Å². The lowest BCUT2D eigenvalue weighted by Crippen LogP contribution is -2.43. The van der Waals surface area contributed by atoms with Crippen LogP contribution < -0.4 is 4.90 Å². The van der Waals surface area contributed by atoms with E-state index < -0.39 is 0 Å². The summed E-state index contributed by atoms with van der Waals surface area (Å²) < 4.78 is 5.42. The number of morpholine rings is 1. The number of rotatable bonds is 2. The minimum atomic E-state index is 0.452. The highest BCUT2D eigenvalue weighted by Crippen LogP contribution is 2.18. The number of pyridine rings is 1. The van der Waals surface area contributed by atoms with E-state index >= 15 is 0 Å². The number of hydrogen-bond acceptors (Lipinski definition) is 3. The molecule has 1 aliphatic heterocycles. The summed E-state index contributed by atoms with van der Waals surface area (Å²) in [5.74, 6) is 0. The number of ether oxygens (including phenoxy) is 1. The van der Waals surface area contributed by atoms with Gasteiger partial charge in [0.1, 0.15) is 0 Å². The molecule has 0 saturated carbocycles. The predicted octanol–water partition coefficient (Wildman–Crippen LogP) is 1.87. The zero-order valence-corrected chi connectivity index (χ0v) is 9.44. The summed E-state index contributed by atoms with van der Waals surface area (Å²) in [6.45, 7) is 6.91. The third-order valence-electron chi connectivity index (χ3n) is 2.87. The van der Waals surface area contributed by atoms with Crippen molar-refractivity contribution in [3.63, 3.8) is 0 Å². The molecular formula is C12H18N2O. The molecule has 0 aliphatic carbocycles. The van der Waals surface area contributed by atoms with Gasteiger partial charge in [-0.2, -0.15) is 0 Å². The van der Waals surface area contributed by atoms with E-state index in [2.05, 4.69) is 35.9 Å². The molecule has 0 radical (unpaired) electrons. The van der Waals surface area contributed by atoms with Crippen molar-refractivity contribution in [3.8, 4) is 0 Å². The molecule has 2 rings (SSSR count). The van der Waals surface area contributed by atoms with Gasteiger partial charge >= 0.3 is 0 Å². The Labute approximate surface area is 91.1 Å². The van der Waals surface area contributed by atoms with Crippen LogP contribution in [0.15, 0.2) is 18.3 Å². The highest BCUT2D eigenvalue weighted by Gasteiger charge is 2.18. The minimum Gasteiger partial charge on any atom is -0.377 e. The molecule has 82 valence electrons. The molecule has 1 saturated heterocycles. The Balaban J connectivity index is 2.13. The first-order valence-corrected chi connectivity index (χ1v) is 5.60. The molecule has 1 aromatic heterocycles. The summed E-state index contributed by atoms with van der Waals surface area (Å²) in [4.78, 5) is 6.78. The smallest absolute Gasteiger partial charge is 0.0668 e. The van der Waals surface area contributed by atoms with Crippen molar-refractivity contribution < 1.29 is 4.74 Å². The van der Waals surface area contributed by atoms with Gasteiger partial charge in [-0.3, -0.25) is 4.98 Å². The second kappa shape index (κ2) is 4.62. The van der Waals surface area contributed by atoms with Gasteiger partial charge in [0.25, 0.3) is 0 Å². The second-order valence-electron chi connectivity index (χ2n) is 3.98. The topological polar surface area (TPSA) is 25.4 Å². The molecule has 1 aliphatic rings. The van der Waals surface area contributed by atoms with E-state index in [1.165, 1.54) is 5.69 Å². The maximum Gasteiger partial charge on any atom is 0.0668 e. The Hall–Kier alpha value is -1.09. The average molecular weight is 206 g/mol. The molecule has 0 amide bonds. The number of aromatic nitrogens is 1. The van der Waals surface area contributed by atoms with Crippen molar-refractivity contribution in [2.45, 2.75) is 26.3 Å². The molecule has 3 nitrogen and oxygen atoms in total. The first-order valence-electron chi connectivity index (χ1n) is 5.60. The summed E-state index contributed by atoms with van der Waals surface area (Å²) in [6, 6.07) is 4.72. The van der Waals surface area contributed by atoms with Crippen LogP contribution in [0.4, 0.5) is 5.69 Å². The number of hydrogen-bond donors (Lipinski definition) is 0. The van der Waals surface area contributed by atoms with E-state index in [1.807, 2.05) is 6.20 Å². The summed E-state index contributed by atoms with van der Waals surface area (Å²) in [5.41, 5.74) is 2.36. The van der Waals surface area contributed by atoms with Gasteiger partial charge in [0.05, 0.1) is 25.1 Å². The summed E-state index contributed by atoms with van der Waals surface area (Å²) >= 11 is 0. The predicted molar refractivity (Wildman–Crippen MR) is 61.2 cm³/mol. The van der Waals surface area contributed by atoms with Crippen molar-refractivity contribution in [2.75, 3.05) is 24.7 Å². The highest BCUT2D eigenvalue weighted by atomic mass is 16.5. The Morgan fingerprint density at radius 2 is 2.40 bits per heavy atom. The van der Waals surface area contributed by atoms with E-state index in [0.29, 0.717) is 6.04 Å². The molecule has 0 spiro atoms. The number of anilines is 1. The number of aryl methyl sites for hydroxylation is 1. The largest absolute Gasteiger partial charge is 0.377 e. The van der Waals surface area contributed by atoms with Gasteiger partial charge in [0, 0.05) is 18.3 Å². The molecule has 0 N–H and O–H groups in total. The second-order valence-corrected chi connectivity index (χ2v) is 3.98. The van der Waals surface area contributed by atoms with Crippen LogP contribution in [0.5, 0.6) is 0 Å². The van der Waals surface area contributed by atoms with Gasteiger partial charge < -0.3 is 9.64 Å². The van der Waals surface area contributed by atoms with E-state index in [4.69, 9.17) is 4.74 Å². The zero-order chi connectivity index (χ0) is 10.7. The minimum absolute atomic E-state index is 0.452. The van der Waals surface area contributed by atoms with Crippen LogP contribution in [-0.4, -0.2) is 30.8 Å². The molecule has 15 heavy (non-hydrogen) atoms. The van der Waals surface area contributed by atoms with Gasteiger partial charge in [0.15, 0.2) is 0 Å². The standard InChI is InChI=1S/C12H18N2O/c1-3-11-4-5-12(8-13-11)14-6-7-15-9-10(14)2/h4-5,8,10H,3,6-7,9H2,1-2H3/t10-/m0/s1. The van der Waals surface area contributed by atoms with E-state index in [1.54, 1.807) is 0 Å². The molecule has 0 bridgehead atoms. The molecule has 2 heterocycles. The molecule has 0 unspecified atom stereocenters. The van der Waals surface area contributed by atoms with Crippen molar-refractivity contribution in [2.24, 2.45) is 0 Å². The van der Waals surface area contributed by atoms with Gasteiger partial charge in [-0.1, -0.05) is 6.92 Å². The number of nitrogens with zero attached hydrogens (tertiary/aromatic N) is 2. The van der Waals surface area contributed by atoms with Gasteiger partial charge in [-0.25, -0.2) is 0 Å². The van der Waals surface area contributed by atoms with Crippen molar-refractivity contribution in [1.29, 1.82) is 0 Å². The van der Waals surface area contributed by atoms with E-state index in [0.717, 1.165) is 31.9 Å². The fourth-order valence-electron chi connectivity index (χ4n) is 1.91. The highest BCUT2D eigenvalue weighted by molar-refractivity contribution is 5.46. The molecule has 1 fully saturated rings. The lowest BCUT2D eigenvalue weighted by molar-refractivity contribution is 0.0989. The molecule has 1 aromatic rings. The van der Waals surface area contributed by atoms with Crippen LogP contribution in [0.2, 0.25) is 0 Å². The molecule has 1 atom stereocenters. The maximum absolute atomic E-state index is 5.42. The summed E-state index contributed by atoms with van der Waals surface area (Å²) in [5, 5.41) is 0. The summed E-state index contributed by atoms with van der Waals surface area (Å²) in [7, 11) is 0. The fraction of sp³-hybridized carbons (Fsp3) is 0.583. The lowest BCUT2D eigenvalue weighted by atomic mass is 10.2. The van der Waals surface area contributed by atoms with Crippen molar-refractivity contribution >= 4 is 5.69 Å². The van der Waals surface area contributed by atoms with Gasteiger partial charge in [-0.15, -0.1) is 0 Å². The lowest BCUT2D eigenvalue weighted by Gasteiger charge is -2.35. The maximum atomic E-state index is 5.42. The monoisotopic (exact) mass is 206 g/mol. The molecule has 3 heteroatoms. The fourth-order valence-corrected chi connectivity index (χ4v) is 1.91. The Kier molecular flexibility index (Phi) is 3.21. The first kappa shape index (κ1) is 10.4. The Morgan fingerprint density at radius 1 is 1.53 bits per heavy atom. The van der Waals surface area contributed by atoms with Crippen molar-refractivity contribution in [3.05, 3.63) is 24.0 Å². The normalized spacial score (nSPS) is 21.7. The van der Waals surface area contributed by atoms with E-state index in [-0.39, 0.29) is 0 Å². The quantitative estimate of drug-likeness (QED) is 0.738.